The van der Waals surface area contributed by atoms with E-state index in [0.29, 0.717) is 13.2 Å². The molecule has 0 bridgehead atoms. The van der Waals surface area contributed by atoms with Gasteiger partial charge in [0, 0.05) is 57.5 Å². The second kappa shape index (κ2) is 11.1. The van der Waals surface area contributed by atoms with Crippen LogP contribution in [-0.2, 0) is 22.4 Å². The summed E-state index contributed by atoms with van der Waals surface area (Å²) in [5, 5.41) is 7.55. The van der Waals surface area contributed by atoms with Crippen LogP contribution in [0.25, 0.3) is 5.69 Å². The Morgan fingerprint density at radius 2 is 1.76 bits per heavy atom. The van der Waals surface area contributed by atoms with Crippen molar-refractivity contribution in [1.29, 1.82) is 0 Å². The van der Waals surface area contributed by atoms with Crippen molar-refractivity contribution in [3.05, 3.63) is 93.4 Å². The van der Waals surface area contributed by atoms with E-state index in [2.05, 4.69) is 15.3 Å². The summed E-state index contributed by atoms with van der Waals surface area (Å²) in [6.45, 7) is 4.86. The number of hydrogen-bond donors (Lipinski definition) is 1. The van der Waals surface area contributed by atoms with E-state index in [1.165, 1.54) is 16.9 Å². The number of halogens is 2. The molecule has 0 aliphatic carbocycles. The molecule has 9 heteroatoms. The van der Waals surface area contributed by atoms with Crippen LogP contribution in [0.5, 0.6) is 0 Å². The maximum Gasteiger partial charge on any atom is 0.310 e. The zero-order valence-corrected chi connectivity index (χ0v) is 18.7. The molecule has 0 unspecified atom stereocenters. The van der Waals surface area contributed by atoms with Gasteiger partial charge < -0.3 is 10.1 Å². The van der Waals surface area contributed by atoms with Crippen LogP contribution in [-0.4, -0.2) is 60.0 Å². The van der Waals surface area contributed by atoms with Crippen LogP contribution in [0.4, 0.5) is 8.78 Å². The number of carbonyl (C=O) groups is 1. The summed E-state index contributed by atoms with van der Waals surface area (Å²) in [6, 6.07) is 11.7. The highest BCUT2D eigenvalue weighted by Gasteiger charge is 2.12. The van der Waals surface area contributed by atoms with E-state index in [1.807, 2.05) is 24.3 Å². The van der Waals surface area contributed by atoms with E-state index >= 15 is 0 Å². The highest BCUT2D eigenvalue weighted by Crippen LogP contribution is 2.13. The Kier molecular flexibility index (Phi) is 7.76. The monoisotopic (exact) mass is 468 g/mol. The van der Waals surface area contributed by atoms with Gasteiger partial charge in [0.05, 0.1) is 12.1 Å². The van der Waals surface area contributed by atoms with E-state index < -0.39 is 11.6 Å². The van der Waals surface area contributed by atoms with Crippen LogP contribution in [0.15, 0.2) is 59.5 Å². The number of carbonyl (C=O) groups excluding carboxylic acids is 1. The largest absolute Gasteiger partial charge is 0.464 e. The van der Waals surface area contributed by atoms with E-state index in [0.717, 1.165) is 55.5 Å². The molecule has 3 aromatic rings. The molecule has 2 heterocycles. The number of esters is 1. The molecule has 34 heavy (non-hydrogen) atoms. The molecule has 0 spiro atoms. The lowest BCUT2D eigenvalue weighted by atomic mass is 10.0. The van der Waals surface area contributed by atoms with Gasteiger partial charge in [-0.05, 0) is 23.3 Å². The van der Waals surface area contributed by atoms with Crippen molar-refractivity contribution in [1.82, 2.24) is 20.0 Å². The molecule has 0 saturated carbocycles. The first kappa shape index (κ1) is 23.7. The van der Waals surface area contributed by atoms with Gasteiger partial charge >= 0.3 is 5.97 Å². The maximum atomic E-state index is 13.6. The van der Waals surface area contributed by atoms with Gasteiger partial charge in [-0.1, -0.05) is 24.3 Å². The van der Waals surface area contributed by atoms with E-state index in [9.17, 15) is 18.4 Å². The Balaban J connectivity index is 1.39. The molecule has 178 valence electrons. The number of ether oxygens (including phenoxy) is 1. The summed E-state index contributed by atoms with van der Waals surface area (Å²) in [5.74, 6) is -1.77. The van der Waals surface area contributed by atoms with Crippen molar-refractivity contribution in [3.8, 4) is 5.69 Å². The molecule has 1 fully saturated rings. The molecule has 4 rings (SSSR count). The Morgan fingerprint density at radius 3 is 2.53 bits per heavy atom. The van der Waals surface area contributed by atoms with Crippen molar-refractivity contribution < 1.29 is 18.3 Å². The number of aromatic nitrogens is 2. The molecular formula is C25H26F2N4O3. The van der Waals surface area contributed by atoms with Gasteiger partial charge in [0.25, 0.3) is 0 Å². The molecule has 2 aromatic carbocycles. The van der Waals surface area contributed by atoms with Gasteiger partial charge in [-0.15, -0.1) is 0 Å². The van der Waals surface area contributed by atoms with Crippen LogP contribution in [0.3, 0.4) is 0 Å². The van der Waals surface area contributed by atoms with Crippen LogP contribution < -0.4 is 10.7 Å². The van der Waals surface area contributed by atoms with Crippen molar-refractivity contribution >= 4 is 5.97 Å². The van der Waals surface area contributed by atoms with Gasteiger partial charge in [-0.3, -0.25) is 14.5 Å². The SMILES string of the molecule is O=C(Cc1cccc(Cc2nn(-c3cc(F)cc(F)c3)ccc2=O)c1)OCCN1CCNCC1. The third-order valence-electron chi connectivity index (χ3n) is 5.58. The van der Waals surface area contributed by atoms with E-state index in [4.69, 9.17) is 4.74 Å². The molecule has 0 radical (unpaired) electrons. The number of piperazine rings is 1. The van der Waals surface area contributed by atoms with E-state index in [1.54, 1.807) is 0 Å². The zero-order chi connectivity index (χ0) is 23.9. The van der Waals surface area contributed by atoms with Crippen molar-refractivity contribution in [3.63, 3.8) is 0 Å². The Labute approximate surface area is 196 Å². The topological polar surface area (TPSA) is 76.5 Å². The van der Waals surface area contributed by atoms with Crippen LogP contribution in [0, 0.1) is 11.6 Å². The van der Waals surface area contributed by atoms with Gasteiger partial charge in [0.2, 0.25) is 5.43 Å². The summed E-state index contributed by atoms with van der Waals surface area (Å²) in [7, 11) is 0. The zero-order valence-electron chi connectivity index (χ0n) is 18.7. The molecule has 7 nitrogen and oxygen atoms in total. The number of benzene rings is 2. The highest BCUT2D eigenvalue weighted by atomic mass is 19.1. The minimum atomic E-state index is -0.732. The quantitative estimate of drug-likeness (QED) is 0.511. The number of rotatable bonds is 8. The summed E-state index contributed by atoms with van der Waals surface area (Å²) in [5.41, 5.74) is 1.68. The van der Waals surface area contributed by atoms with E-state index in [-0.39, 0.29) is 35.6 Å². The fourth-order valence-electron chi connectivity index (χ4n) is 3.87. The van der Waals surface area contributed by atoms with Gasteiger partial charge in [-0.2, -0.15) is 5.10 Å². The third-order valence-corrected chi connectivity index (χ3v) is 5.58. The average molecular weight is 469 g/mol. The van der Waals surface area contributed by atoms with Gasteiger partial charge in [0.15, 0.2) is 0 Å². The fraction of sp³-hybridized carbons (Fsp3) is 0.320. The molecule has 1 N–H and O–H groups in total. The minimum absolute atomic E-state index is 0.129. The van der Waals surface area contributed by atoms with Crippen LogP contribution in [0.2, 0.25) is 0 Å². The summed E-state index contributed by atoms with van der Waals surface area (Å²) < 4.78 is 33.8. The van der Waals surface area contributed by atoms with Crippen molar-refractivity contribution in [2.24, 2.45) is 0 Å². The average Bonchev–Trinajstić information content (AvgIpc) is 2.81. The number of nitrogens with zero attached hydrogens (tertiary/aromatic N) is 3. The minimum Gasteiger partial charge on any atom is -0.464 e. The fourth-order valence-corrected chi connectivity index (χ4v) is 3.87. The molecule has 1 aromatic heterocycles. The lowest BCUT2D eigenvalue weighted by Gasteiger charge is -2.26. The van der Waals surface area contributed by atoms with Gasteiger partial charge in [0.1, 0.15) is 23.9 Å². The molecule has 0 amide bonds. The van der Waals surface area contributed by atoms with Gasteiger partial charge in [-0.25, -0.2) is 13.5 Å². The lowest BCUT2D eigenvalue weighted by Crippen LogP contribution is -2.44. The highest BCUT2D eigenvalue weighted by molar-refractivity contribution is 5.72. The Morgan fingerprint density at radius 1 is 1.03 bits per heavy atom. The first-order valence-corrected chi connectivity index (χ1v) is 11.2. The van der Waals surface area contributed by atoms with Crippen LogP contribution in [0.1, 0.15) is 16.8 Å². The predicted molar refractivity (Wildman–Crippen MR) is 123 cm³/mol. The Bertz CT molecular complexity index is 1190. The third kappa shape index (κ3) is 6.55. The molecule has 1 saturated heterocycles. The first-order chi connectivity index (χ1) is 16.5. The first-order valence-electron chi connectivity index (χ1n) is 11.2. The number of hydrogen-bond acceptors (Lipinski definition) is 6. The molecule has 1 aliphatic heterocycles. The summed E-state index contributed by atoms with van der Waals surface area (Å²) in [4.78, 5) is 26.9. The second-order valence-corrected chi connectivity index (χ2v) is 8.18. The summed E-state index contributed by atoms with van der Waals surface area (Å²) >= 11 is 0. The standard InChI is InChI=1S/C25H26F2N4O3/c26-20-15-21(27)17-22(16-20)31-7-4-24(32)23(29-31)13-18-2-1-3-19(12-18)14-25(33)34-11-10-30-8-5-28-6-9-30/h1-4,7,12,15-17,28H,5-6,8-11,13-14H2. The lowest BCUT2D eigenvalue weighted by molar-refractivity contribution is -0.143. The van der Waals surface area contributed by atoms with Crippen molar-refractivity contribution in [2.75, 3.05) is 39.3 Å². The van der Waals surface area contributed by atoms with Crippen molar-refractivity contribution in [2.45, 2.75) is 12.8 Å². The molecule has 0 atom stereocenters. The molecule has 1 aliphatic rings. The summed E-state index contributed by atoms with van der Waals surface area (Å²) in [6.07, 6.45) is 1.71. The maximum absolute atomic E-state index is 13.6. The van der Waals surface area contributed by atoms with Crippen LogP contribution >= 0.6 is 0 Å². The second-order valence-electron chi connectivity index (χ2n) is 8.18. The number of nitrogens with one attached hydrogen (secondary N) is 1. The molecular weight excluding hydrogens is 442 g/mol. The normalized spacial score (nSPS) is 14.2. The Hall–Kier alpha value is -3.43. The predicted octanol–water partition coefficient (Wildman–Crippen LogP) is 2.09. The smallest absolute Gasteiger partial charge is 0.310 e.